The predicted molar refractivity (Wildman–Crippen MR) is 123 cm³/mol. The van der Waals surface area contributed by atoms with E-state index in [4.69, 9.17) is 11.6 Å². The van der Waals surface area contributed by atoms with Gasteiger partial charge in [0, 0.05) is 18.1 Å². The van der Waals surface area contributed by atoms with Gasteiger partial charge in [0.1, 0.15) is 10.7 Å². The van der Waals surface area contributed by atoms with Gasteiger partial charge in [0.25, 0.3) is 10.0 Å². The van der Waals surface area contributed by atoms with Crippen molar-refractivity contribution >= 4 is 43.8 Å². The van der Waals surface area contributed by atoms with Gasteiger partial charge in [-0.3, -0.25) is 4.72 Å². The van der Waals surface area contributed by atoms with Crippen molar-refractivity contribution in [1.82, 2.24) is 9.88 Å². The van der Waals surface area contributed by atoms with Crippen LogP contribution in [-0.4, -0.2) is 37.9 Å². The fourth-order valence-corrected chi connectivity index (χ4v) is 5.78. The topological polar surface area (TPSA) is 74.3 Å². The van der Waals surface area contributed by atoms with E-state index in [0.717, 1.165) is 61.5 Å². The van der Waals surface area contributed by atoms with Crippen LogP contribution >= 0.6 is 22.9 Å². The van der Waals surface area contributed by atoms with Gasteiger partial charge in [-0.25, -0.2) is 17.8 Å². The van der Waals surface area contributed by atoms with Crippen molar-refractivity contribution in [3.63, 3.8) is 0 Å². The summed E-state index contributed by atoms with van der Waals surface area (Å²) in [5, 5.41) is 5.23. The number of anilines is 2. The first-order valence-electron chi connectivity index (χ1n) is 9.87. The smallest absolute Gasteiger partial charge is 0.266 e. The monoisotopic (exact) mass is 480 g/mol. The van der Waals surface area contributed by atoms with Crippen LogP contribution in [0, 0.1) is 5.82 Å². The van der Waals surface area contributed by atoms with Gasteiger partial charge in [0.15, 0.2) is 5.13 Å². The Morgan fingerprint density at radius 1 is 1.19 bits per heavy atom. The van der Waals surface area contributed by atoms with E-state index in [-0.39, 0.29) is 16.2 Å². The number of sulfonamides is 1. The van der Waals surface area contributed by atoms with E-state index in [2.05, 4.69) is 19.9 Å². The largest absolute Gasteiger partial charge is 0.376 e. The van der Waals surface area contributed by atoms with Crippen LogP contribution in [0.4, 0.5) is 15.2 Å². The van der Waals surface area contributed by atoms with E-state index in [1.165, 1.54) is 6.20 Å². The van der Waals surface area contributed by atoms with Crippen molar-refractivity contribution < 1.29 is 12.8 Å². The van der Waals surface area contributed by atoms with E-state index in [0.29, 0.717) is 5.69 Å². The van der Waals surface area contributed by atoms with Gasteiger partial charge in [0.2, 0.25) is 0 Å². The fourth-order valence-electron chi connectivity index (χ4n) is 3.62. The molecule has 1 unspecified atom stereocenters. The molecule has 1 aromatic heterocycles. The molecule has 164 valence electrons. The van der Waals surface area contributed by atoms with Crippen molar-refractivity contribution in [3.05, 3.63) is 70.4 Å². The predicted octanol–water partition coefficient (Wildman–Crippen LogP) is 4.99. The molecule has 2 N–H and O–H groups in total. The standard InChI is InChI=1S/C21H22ClFN4O2S2/c22-16-12-20(31(28,29)26-21-24-8-11-30-21)17(23)13-18(16)25-19(14-27-9-4-5-10-27)15-6-2-1-3-7-15/h1-3,6-8,11-13,19,25H,4-5,9-10,14H2,(H,24,26). The van der Waals surface area contributed by atoms with Crippen molar-refractivity contribution in [3.8, 4) is 0 Å². The Balaban J connectivity index is 1.60. The molecular formula is C21H22ClFN4O2S2. The minimum Gasteiger partial charge on any atom is -0.376 e. The molecule has 2 heterocycles. The first kappa shape index (κ1) is 22.0. The van der Waals surface area contributed by atoms with Crippen molar-refractivity contribution in [2.75, 3.05) is 29.7 Å². The van der Waals surface area contributed by atoms with Crippen LogP contribution in [0.2, 0.25) is 5.02 Å². The van der Waals surface area contributed by atoms with Crippen LogP contribution in [0.3, 0.4) is 0 Å². The minimum atomic E-state index is -4.15. The van der Waals surface area contributed by atoms with Crippen LogP contribution in [0.15, 0.2) is 58.9 Å². The van der Waals surface area contributed by atoms with Gasteiger partial charge in [-0.05, 0) is 43.6 Å². The molecule has 6 nitrogen and oxygen atoms in total. The highest BCUT2D eigenvalue weighted by Crippen LogP contribution is 2.32. The molecule has 31 heavy (non-hydrogen) atoms. The maximum Gasteiger partial charge on any atom is 0.266 e. The second-order valence-electron chi connectivity index (χ2n) is 7.32. The Labute approximate surface area is 190 Å². The number of aromatic nitrogens is 1. The van der Waals surface area contributed by atoms with Gasteiger partial charge in [-0.15, -0.1) is 11.3 Å². The molecule has 1 fully saturated rings. The normalized spacial score (nSPS) is 15.7. The van der Waals surface area contributed by atoms with Gasteiger partial charge < -0.3 is 10.2 Å². The molecule has 0 saturated carbocycles. The maximum absolute atomic E-state index is 14.9. The average molecular weight is 481 g/mol. The number of nitrogens with zero attached hydrogens (tertiary/aromatic N) is 2. The number of halogens is 2. The molecule has 0 aliphatic carbocycles. The fraction of sp³-hybridized carbons (Fsp3) is 0.286. The lowest BCUT2D eigenvalue weighted by Crippen LogP contribution is -2.29. The highest BCUT2D eigenvalue weighted by Gasteiger charge is 2.24. The summed E-state index contributed by atoms with van der Waals surface area (Å²) in [6, 6.07) is 12.0. The van der Waals surface area contributed by atoms with Gasteiger partial charge in [-0.1, -0.05) is 41.9 Å². The van der Waals surface area contributed by atoms with Gasteiger partial charge in [0.05, 0.1) is 16.8 Å². The molecule has 2 aromatic carbocycles. The summed E-state index contributed by atoms with van der Waals surface area (Å²) in [5.41, 5.74) is 1.40. The van der Waals surface area contributed by atoms with E-state index in [9.17, 15) is 12.8 Å². The van der Waals surface area contributed by atoms with E-state index >= 15 is 0 Å². The van der Waals surface area contributed by atoms with E-state index in [1.54, 1.807) is 5.38 Å². The number of nitrogens with one attached hydrogen (secondary N) is 2. The van der Waals surface area contributed by atoms with Gasteiger partial charge >= 0.3 is 0 Å². The Bertz CT molecular complexity index is 1120. The first-order valence-corrected chi connectivity index (χ1v) is 12.6. The highest BCUT2D eigenvalue weighted by molar-refractivity contribution is 7.93. The number of likely N-dealkylation sites (tertiary alicyclic amines) is 1. The third-order valence-electron chi connectivity index (χ3n) is 5.14. The Kier molecular flexibility index (Phi) is 6.76. The summed E-state index contributed by atoms with van der Waals surface area (Å²) in [6.07, 6.45) is 3.79. The lowest BCUT2D eigenvalue weighted by atomic mass is 10.1. The zero-order chi connectivity index (χ0) is 21.8. The average Bonchev–Trinajstić information content (AvgIpc) is 3.44. The Morgan fingerprint density at radius 3 is 2.61 bits per heavy atom. The summed E-state index contributed by atoms with van der Waals surface area (Å²) >= 11 is 7.49. The zero-order valence-corrected chi connectivity index (χ0v) is 19.0. The molecule has 1 aliphatic heterocycles. The second kappa shape index (κ2) is 9.52. The molecule has 0 amide bonds. The number of thiazole rings is 1. The zero-order valence-electron chi connectivity index (χ0n) is 16.6. The number of benzene rings is 2. The van der Waals surface area contributed by atoms with Crippen LogP contribution in [0.5, 0.6) is 0 Å². The third kappa shape index (κ3) is 5.35. The lowest BCUT2D eigenvalue weighted by Gasteiger charge is -2.26. The molecule has 1 saturated heterocycles. The SMILES string of the molecule is O=S(=O)(Nc1nccs1)c1cc(Cl)c(NC(CN2CCCC2)c2ccccc2)cc1F. The molecule has 0 spiro atoms. The van der Waals surface area contributed by atoms with Crippen molar-refractivity contribution in [2.24, 2.45) is 0 Å². The summed E-state index contributed by atoms with van der Waals surface area (Å²) in [6.45, 7) is 2.78. The quantitative estimate of drug-likeness (QED) is 0.475. The summed E-state index contributed by atoms with van der Waals surface area (Å²) in [7, 11) is -4.15. The molecular weight excluding hydrogens is 459 g/mol. The van der Waals surface area contributed by atoms with E-state index < -0.39 is 20.7 Å². The lowest BCUT2D eigenvalue weighted by molar-refractivity contribution is 0.323. The maximum atomic E-state index is 14.9. The highest BCUT2D eigenvalue weighted by atomic mass is 35.5. The minimum absolute atomic E-state index is 0.118. The molecule has 4 rings (SSSR count). The molecule has 0 bridgehead atoms. The summed E-state index contributed by atoms with van der Waals surface area (Å²) < 4.78 is 42.3. The molecule has 1 aliphatic rings. The Morgan fingerprint density at radius 2 is 1.94 bits per heavy atom. The molecule has 10 heteroatoms. The molecule has 1 atom stereocenters. The Hall–Kier alpha value is -2.20. The van der Waals surface area contributed by atoms with Crippen LogP contribution < -0.4 is 10.0 Å². The molecule has 0 radical (unpaired) electrons. The van der Waals surface area contributed by atoms with Crippen molar-refractivity contribution in [2.45, 2.75) is 23.8 Å². The van der Waals surface area contributed by atoms with E-state index in [1.807, 2.05) is 30.3 Å². The summed E-state index contributed by atoms with van der Waals surface area (Å²) in [5.74, 6) is -0.885. The van der Waals surface area contributed by atoms with Gasteiger partial charge in [-0.2, -0.15) is 0 Å². The second-order valence-corrected chi connectivity index (χ2v) is 10.3. The van der Waals surface area contributed by atoms with Crippen LogP contribution in [0.1, 0.15) is 24.4 Å². The van der Waals surface area contributed by atoms with Crippen molar-refractivity contribution in [1.29, 1.82) is 0 Å². The third-order valence-corrected chi connectivity index (χ3v) is 7.62. The van der Waals surface area contributed by atoms with Crippen LogP contribution in [-0.2, 0) is 10.0 Å². The molecule has 3 aromatic rings. The summed E-state index contributed by atoms with van der Waals surface area (Å²) in [4.78, 5) is 5.71. The van der Waals surface area contributed by atoms with Crippen LogP contribution in [0.25, 0.3) is 0 Å². The number of hydrogen-bond donors (Lipinski definition) is 2. The number of rotatable bonds is 8. The first-order chi connectivity index (χ1) is 14.9. The number of hydrogen-bond acceptors (Lipinski definition) is 6.